The maximum atomic E-state index is 12.9. The van der Waals surface area contributed by atoms with Crippen molar-refractivity contribution in [3.8, 4) is 0 Å². The highest BCUT2D eigenvalue weighted by atomic mass is 19.1. The van der Waals surface area contributed by atoms with E-state index in [9.17, 15) is 9.18 Å². The topological polar surface area (TPSA) is 87.4 Å². The van der Waals surface area contributed by atoms with Crippen LogP contribution in [0.5, 0.6) is 0 Å². The molecule has 1 N–H and O–H groups in total. The minimum atomic E-state index is -0.365. The van der Waals surface area contributed by atoms with Gasteiger partial charge in [-0.15, -0.1) is 5.10 Å². The van der Waals surface area contributed by atoms with Gasteiger partial charge in [-0.1, -0.05) is 5.10 Å². The highest BCUT2D eigenvalue weighted by Gasteiger charge is 2.26. The molecule has 0 atom stereocenters. The van der Waals surface area contributed by atoms with Gasteiger partial charge in [-0.05, 0) is 19.1 Å². The monoisotopic (exact) mass is 320 g/mol. The molecule has 0 unspecified atom stereocenters. The van der Waals surface area contributed by atoms with Crippen LogP contribution in [0.4, 0.5) is 16.2 Å². The van der Waals surface area contributed by atoms with Crippen molar-refractivity contribution in [3.63, 3.8) is 0 Å². The lowest BCUT2D eigenvalue weighted by atomic mass is 10.3. The molecule has 0 bridgehead atoms. The van der Waals surface area contributed by atoms with Crippen LogP contribution in [0.3, 0.4) is 0 Å². The SMILES string of the molecule is CCNc1nnc(C(=O)N2CCN(c3ccc(F)cn3)CC2)o1. The van der Waals surface area contributed by atoms with Crippen molar-refractivity contribution in [2.24, 2.45) is 0 Å². The van der Waals surface area contributed by atoms with Crippen molar-refractivity contribution in [1.82, 2.24) is 20.1 Å². The summed E-state index contributed by atoms with van der Waals surface area (Å²) in [6.45, 7) is 4.78. The minimum absolute atomic E-state index is 0.0192. The number of hydrogen-bond acceptors (Lipinski definition) is 7. The maximum Gasteiger partial charge on any atom is 0.315 e. The minimum Gasteiger partial charge on any atom is -0.399 e. The van der Waals surface area contributed by atoms with Crippen LogP contribution in [0.25, 0.3) is 0 Å². The molecule has 122 valence electrons. The van der Waals surface area contributed by atoms with Gasteiger partial charge in [-0.25, -0.2) is 9.37 Å². The first kappa shape index (κ1) is 15.2. The highest BCUT2D eigenvalue weighted by molar-refractivity contribution is 5.89. The number of pyridine rings is 1. The first-order chi connectivity index (χ1) is 11.2. The molecule has 0 aliphatic carbocycles. The lowest BCUT2D eigenvalue weighted by molar-refractivity contribution is 0.0707. The van der Waals surface area contributed by atoms with Crippen LogP contribution in [-0.2, 0) is 0 Å². The average Bonchev–Trinajstić information content (AvgIpc) is 3.04. The number of carbonyl (C=O) groups is 1. The Kier molecular flexibility index (Phi) is 4.35. The molecule has 1 fully saturated rings. The first-order valence-corrected chi connectivity index (χ1v) is 7.40. The fourth-order valence-corrected chi connectivity index (χ4v) is 2.36. The molecule has 2 aromatic rings. The van der Waals surface area contributed by atoms with Crippen LogP contribution < -0.4 is 10.2 Å². The summed E-state index contributed by atoms with van der Waals surface area (Å²) >= 11 is 0. The van der Waals surface area contributed by atoms with Crippen LogP contribution in [0.15, 0.2) is 22.7 Å². The standard InChI is InChI=1S/C14H17FN6O2/c1-2-16-14-19-18-12(23-14)13(22)21-7-5-20(6-8-21)11-4-3-10(15)9-17-11/h3-4,9H,2,5-8H2,1H3,(H,16,19). The lowest BCUT2D eigenvalue weighted by Crippen LogP contribution is -2.49. The van der Waals surface area contributed by atoms with Crippen LogP contribution >= 0.6 is 0 Å². The molecule has 9 heteroatoms. The Balaban J connectivity index is 1.59. The number of anilines is 2. The van der Waals surface area contributed by atoms with Gasteiger partial charge >= 0.3 is 17.8 Å². The number of nitrogens with zero attached hydrogens (tertiary/aromatic N) is 5. The van der Waals surface area contributed by atoms with Crippen molar-refractivity contribution in [3.05, 3.63) is 30.0 Å². The Bertz CT molecular complexity index is 666. The number of aromatic nitrogens is 3. The third-order valence-electron chi connectivity index (χ3n) is 3.54. The number of piperazine rings is 1. The van der Waals surface area contributed by atoms with E-state index in [1.54, 1.807) is 11.0 Å². The van der Waals surface area contributed by atoms with Gasteiger partial charge in [0.2, 0.25) is 0 Å². The zero-order valence-corrected chi connectivity index (χ0v) is 12.7. The van der Waals surface area contributed by atoms with E-state index < -0.39 is 0 Å². The van der Waals surface area contributed by atoms with E-state index in [4.69, 9.17) is 4.42 Å². The van der Waals surface area contributed by atoms with Gasteiger partial charge in [0, 0.05) is 32.7 Å². The Hall–Kier alpha value is -2.71. The Morgan fingerprint density at radius 1 is 1.30 bits per heavy atom. The molecular formula is C14H17FN6O2. The lowest BCUT2D eigenvalue weighted by Gasteiger charge is -2.34. The quantitative estimate of drug-likeness (QED) is 0.899. The van der Waals surface area contributed by atoms with E-state index in [2.05, 4.69) is 20.5 Å². The highest BCUT2D eigenvalue weighted by Crippen LogP contribution is 2.15. The molecule has 3 rings (SSSR count). The summed E-state index contributed by atoms with van der Waals surface area (Å²) in [5.74, 6) is 0.0313. The Morgan fingerprint density at radius 3 is 2.74 bits per heavy atom. The van der Waals surface area contributed by atoms with E-state index in [1.807, 2.05) is 11.8 Å². The van der Waals surface area contributed by atoms with E-state index in [0.29, 0.717) is 38.5 Å². The molecule has 1 aliphatic rings. The second-order valence-corrected chi connectivity index (χ2v) is 5.06. The Morgan fingerprint density at radius 2 is 2.09 bits per heavy atom. The fraction of sp³-hybridized carbons (Fsp3) is 0.429. The second-order valence-electron chi connectivity index (χ2n) is 5.06. The van der Waals surface area contributed by atoms with Gasteiger partial charge in [0.15, 0.2) is 0 Å². The summed E-state index contributed by atoms with van der Waals surface area (Å²) in [6.07, 6.45) is 1.19. The predicted molar refractivity (Wildman–Crippen MR) is 80.8 cm³/mol. The third-order valence-corrected chi connectivity index (χ3v) is 3.54. The normalized spacial score (nSPS) is 14.9. The van der Waals surface area contributed by atoms with Crippen LogP contribution in [0, 0.1) is 5.82 Å². The van der Waals surface area contributed by atoms with E-state index in [1.165, 1.54) is 12.3 Å². The number of hydrogen-bond donors (Lipinski definition) is 1. The molecule has 1 aliphatic heterocycles. The van der Waals surface area contributed by atoms with Gasteiger partial charge in [0.25, 0.3) is 0 Å². The molecule has 1 amide bonds. The summed E-state index contributed by atoms with van der Waals surface area (Å²) in [5.41, 5.74) is 0. The smallest absolute Gasteiger partial charge is 0.315 e. The fourth-order valence-electron chi connectivity index (χ4n) is 2.36. The molecule has 3 heterocycles. The number of amides is 1. The van der Waals surface area contributed by atoms with Gasteiger partial charge in [-0.3, -0.25) is 4.79 Å². The zero-order chi connectivity index (χ0) is 16.2. The number of rotatable bonds is 4. The molecular weight excluding hydrogens is 303 g/mol. The van der Waals surface area contributed by atoms with Crippen molar-refractivity contribution in [2.45, 2.75) is 6.92 Å². The molecule has 0 aromatic carbocycles. The predicted octanol–water partition coefficient (Wildman–Crippen LogP) is 0.998. The molecule has 0 spiro atoms. The van der Waals surface area contributed by atoms with Crippen molar-refractivity contribution < 1.29 is 13.6 Å². The Labute approximate surface area is 132 Å². The van der Waals surface area contributed by atoms with Crippen LogP contribution in [-0.4, -0.2) is 58.7 Å². The summed E-state index contributed by atoms with van der Waals surface area (Å²) < 4.78 is 18.2. The maximum absolute atomic E-state index is 12.9. The van der Waals surface area contributed by atoms with E-state index in [0.717, 1.165) is 0 Å². The largest absolute Gasteiger partial charge is 0.399 e. The molecule has 1 saturated heterocycles. The summed E-state index contributed by atoms with van der Waals surface area (Å²) in [6, 6.07) is 3.25. The second kappa shape index (κ2) is 6.59. The van der Waals surface area contributed by atoms with E-state index in [-0.39, 0.29) is 23.6 Å². The van der Waals surface area contributed by atoms with Gasteiger partial charge < -0.3 is 19.5 Å². The first-order valence-electron chi connectivity index (χ1n) is 7.40. The molecule has 0 radical (unpaired) electrons. The number of halogens is 1. The average molecular weight is 320 g/mol. The molecule has 8 nitrogen and oxygen atoms in total. The molecule has 23 heavy (non-hydrogen) atoms. The summed E-state index contributed by atoms with van der Waals surface area (Å²) in [5, 5.41) is 10.4. The third kappa shape index (κ3) is 3.38. The van der Waals surface area contributed by atoms with Gasteiger partial charge in [0.05, 0.1) is 6.20 Å². The molecule has 0 saturated carbocycles. The van der Waals surface area contributed by atoms with E-state index >= 15 is 0 Å². The zero-order valence-electron chi connectivity index (χ0n) is 12.7. The van der Waals surface area contributed by atoms with Crippen LogP contribution in [0.2, 0.25) is 0 Å². The number of nitrogens with one attached hydrogen (secondary N) is 1. The van der Waals surface area contributed by atoms with Gasteiger partial charge in [-0.2, -0.15) is 0 Å². The number of carbonyl (C=O) groups excluding carboxylic acids is 1. The van der Waals surface area contributed by atoms with Crippen molar-refractivity contribution in [2.75, 3.05) is 42.9 Å². The van der Waals surface area contributed by atoms with Crippen molar-refractivity contribution in [1.29, 1.82) is 0 Å². The van der Waals surface area contributed by atoms with Gasteiger partial charge in [0.1, 0.15) is 11.6 Å². The van der Waals surface area contributed by atoms with Crippen LogP contribution in [0.1, 0.15) is 17.6 Å². The summed E-state index contributed by atoms with van der Waals surface area (Å²) in [4.78, 5) is 20.0. The summed E-state index contributed by atoms with van der Waals surface area (Å²) in [7, 11) is 0. The van der Waals surface area contributed by atoms with Crippen molar-refractivity contribution >= 4 is 17.7 Å². The molecule has 2 aromatic heterocycles.